The zero-order valence-corrected chi connectivity index (χ0v) is 18.2. The van der Waals surface area contributed by atoms with E-state index in [1.165, 1.54) is 11.8 Å². The minimum Gasteiger partial charge on any atom is -0.755 e. The van der Waals surface area contributed by atoms with E-state index < -0.39 is 0 Å². The second-order valence-electron chi connectivity index (χ2n) is 7.89. The van der Waals surface area contributed by atoms with Crippen LogP contribution in [0.1, 0.15) is 5.56 Å². The quantitative estimate of drug-likeness (QED) is 0.792. The Kier molecular flexibility index (Phi) is 6.08. The standard InChI is InChI=1S/C23H28N7O/c1-18-7-9-19(10-8-18)24-21-16-22(27(2)3)26-23(25-21)29-14-12-28(13-15-29)20-6-4-5-11-30(31)17-20/h4-11,16-17H,12-15H2,1-3H3,(H,24,25,26)/q-1. The molecule has 0 saturated carbocycles. The van der Waals surface area contributed by atoms with Gasteiger partial charge in [0.2, 0.25) is 5.95 Å². The summed E-state index contributed by atoms with van der Waals surface area (Å²) in [6.45, 7) is 5.21. The molecule has 0 amide bonds. The van der Waals surface area contributed by atoms with Crippen LogP contribution in [0.25, 0.3) is 0 Å². The number of rotatable bonds is 5. The molecule has 8 heteroatoms. The Morgan fingerprint density at radius 1 is 0.968 bits per heavy atom. The van der Waals surface area contributed by atoms with Crippen LogP contribution in [0.15, 0.2) is 66.7 Å². The Bertz CT molecular complexity index is 989. The van der Waals surface area contributed by atoms with Crippen LogP contribution in [0.5, 0.6) is 0 Å². The summed E-state index contributed by atoms with van der Waals surface area (Å²) < 4.78 is 0. The van der Waals surface area contributed by atoms with E-state index in [9.17, 15) is 5.21 Å². The lowest BCUT2D eigenvalue weighted by atomic mass is 10.2. The monoisotopic (exact) mass is 418 g/mol. The normalized spacial score (nSPS) is 16.3. The molecule has 31 heavy (non-hydrogen) atoms. The molecule has 1 fully saturated rings. The maximum atomic E-state index is 11.8. The zero-order valence-electron chi connectivity index (χ0n) is 18.2. The highest BCUT2D eigenvalue weighted by Crippen LogP contribution is 2.24. The molecule has 8 nitrogen and oxygen atoms in total. The van der Waals surface area contributed by atoms with Crippen LogP contribution in [-0.4, -0.2) is 60.2 Å². The van der Waals surface area contributed by atoms with Gasteiger partial charge in [0.15, 0.2) is 0 Å². The van der Waals surface area contributed by atoms with E-state index >= 15 is 0 Å². The van der Waals surface area contributed by atoms with Crippen molar-refractivity contribution in [3.8, 4) is 0 Å². The number of benzene rings is 1. The van der Waals surface area contributed by atoms with Crippen LogP contribution < -0.4 is 15.1 Å². The van der Waals surface area contributed by atoms with E-state index in [-0.39, 0.29) is 0 Å². The molecular weight excluding hydrogens is 390 g/mol. The van der Waals surface area contributed by atoms with Crippen molar-refractivity contribution < 1.29 is 0 Å². The maximum absolute atomic E-state index is 11.8. The topological polar surface area (TPSA) is 73.8 Å². The van der Waals surface area contributed by atoms with Gasteiger partial charge in [-0.2, -0.15) is 9.97 Å². The Morgan fingerprint density at radius 3 is 2.39 bits per heavy atom. The Labute approximate surface area is 183 Å². The number of hydrogen-bond donors (Lipinski definition) is 1. The van der Waals surface area contributed by atoms with Gasteiger partial charge in [-0.15, -0.1) is 0 Å². The average molecular weight is 419 g/mol. The zero-order chi connectivity index (χ0) is 21.8. The molecular formula is C23H28N7O-. The maximum Gasteiger partial charge on any atom is 0.229 e. The highest BCUT2D eigenvalue weighted by molar-refractivity contribution is 5.62. The minimum absolute atomic E-state index is 0.706. The van der Waals surface area contributed by atoms with Crippen LogP contribution >= 0.6 is 0 Å². The van der Waals surface area contributed by atoms with Gasteiger partial charge in [-0.25, -0.2) is 0 Å². The first-order chi connectivity index (χ1) is 15.0. The van der Waals surface area contributed by atoms with Gasteiger partial charge in [-0.3, -0.25) is 0 Å². The Morgan fingerprint density at radius 2 is 1.68 bits per heavy atom. The van der Waals surface area contributed by atoms with Crippen LogP contribution in [0, 0.1) is 12.1 Å². The summed E-state index contributed by atoms with van der Waals surface area (Å²) >= 11 is 0. The van der Waals surface area contributed by atoms with E-state index in [4.69, 9.17) is 9.97 Å². The molecule has 2 aliphatic heterocycles. The molecule has 0 unspecified atom stereocenters. The van der Waals surface area contributed by atoms with Crippen molar-refractivity contribution in [3.05, 3.63) is 77.4 Å². The molecule has 1 N–H and O–H groups in total. The molecule has 0 atom stereocenters. The lowest BCUT2D eigenvalue weighted by molar-refractivity contribution is 0.324. The van der Waals surface area contributed by atoms with Crippen molar-refractivity contribution in [2.75, 3.05) is 55.4 Å². The van der Waals surface area contributed by atoms with Gasteiger partial charge in [0, 0.05) is 58.2 Å². The number of anilines is 4. The third-order valence-corrected chi connectivity index (χ3v) is 5.28. The van der Waals surface area contributed by atoms with Crippen molar-refractivity contribution in [1.29, 1.82) is 0 Å². The molecule has 1 aromatic carbocycles. The second kappa shape index (κ2) is 9.09. The number of hydrogen-bond acceptors (Lipinski definition) is 8. The first kappa shape index (κ1) is 20.7. The first-order valence-corrected chi connectivity index (χ1v) is 10.4. The summed E-state index contributed by atoms with van der Waals surface area (Å²) in [7, 11) is 3.96. The largest absolute Gasteiger partial charge is 0.755 e. The number of allylic oxidation sites excluding steroid dienone is 3. The van der Waals surface area contributed by atoms with Gasteiger partial charge in [0.1, 0.15) is 11.6 Å². The van der Waals surface area contributed by atoms with Crippen molar-refractivity contribution in [1.82, 2.24) is 19.9 Å². The summed E-state index contributed by atoms with van der Waals surface area (Å²) in [5.74, 6) is 2.32. The Hall–Kier alpha value is -3.52. The van der Waals surface area contributed by atoms with Crippen molar-refractivity contribution >= 4 is 23.3 Å². The van der Waals surface area contributed by atoms with Crippen molar-refractivity contribution in [2.24, 2.45) is 0 Å². The number of aromatic nitrogens is 2. The summed E-state index contributed by atoms with van der Waals surface area (Å²) in [5, 5.41) is 16.0. The molecule has 1 aromatic heterocycles. The van der Waals surface area contributed by atoms with Gasteiger partial charge in [0.25, 0.3) is 0 Å². The van der Waals surface area contributed by atoms with Crippen LogP contribution in [0.3, 0.4) is 0 Å². The fourth-order valence-electron chi connectivity index (χ4n) is 3.50. The Balaban J connectivity index is 1.50. The van der Waals surface area contributed by atoms with Crippen LogP contribution in [0.2, 0.25) is 0 Å². The van der Waals surface area contributed by atoms with Gasteiger partial charge in [-0.1, -0.05) is 23.8 Å². The fraction of sp³-hybridized carbons (Fsp3) is 0.304. The third kappa shape index (κ3) is 5.16. The van der Waals surface area contributed by atoms with E-state index in [0.29, 0.717) is 5.95 Å². The number of nitrogens with zero attached hydrogens (tertiary/aromatic N) is 6. The molecule has 2 aliphatic rings. The smallest absolute Gasteiger partial charge is 0.229 e. The molecule has 162 valence electrons. The molecule has 3 heterocycles. The van der Waals surface area contributed by atoms with Crippen LogP contribution in [0.4, 0.5) is 23.3 Å². The molecule has 2 aromatic rings. The van der Waals surface area contributed by atoms with Crippen molar-refractivity contribution in [3.63, 3.8) is 0 Å². The summed E-state index contributed by atoms with van der Waals surface area (Å²) in [4.78, 5) is 15.9. The number of aryl methyl sites for hydroxylation is 1. The number of piperazine rings is 1. The number of hydroxylamine groups is 2. The summed E-state index contributed by atoms with van der Waals surface area (Å²) in [6, 6.07) is 10.2. The molecule has 0 bridgehead atoms. The highest BCUT2D eigenvalue weighted by Gasteiger charge is 2.21. The fourth-order valence-corrected chi connectivity index (χ4v) is 3.50. The van der Waals surface area contributed by atoms with E-state index in [1.54, 1.807) is 12.3 Å². The van der Waals surface area contributed by atoms with Gasteiger partial charge < -0.3 is 30.3 Å². The number of nitrogens with one attached hydrogen (secondary N) is 1. The molecule has 1 saturated heterocycles. The minimum atomic E-state index is 0.706. The van der Waals surface area contributed by atoms with Gasteiger partial charge >= 0.3 is 0 Å². The van der Waals surface area contributed by atoms with E-state index in [0.717, 1.165) is 54.3 Å². The van der Waals surface area contributed by atoms with Gasteiger partial charge in [0.05, 0.1) is 5.70 Å². The van der Waals surface area contributed by atoms with Gasteiger partial charge in [-0.05, 0) is 37.4 Å². The summed E-state index contributed by atoms with van der Waals surface area (Å²) in [5.41, 5.74) is 3.13. The molecule has 0 spiro atoms. The average Bonchev–Trinajstić information content (AvgIpc) is 2.99. The van der Waals surface area contributed by atoms with Crippen LogP contribution in [-0.2, 0) is 0 Å². The predicted octanol–water partition coefficient (Wildman–Crippen LogP) is 3.44. The SMILES string of the molecule is Cc1ccc(Nc2cc(N(C)C)nc(N3CCN(C4=CN([O-])C=CC=C4)CC3)n2)cc1. The third-order valence-electron chi connectivity index (χ3n) is 5.28. The summed E-state index contributed by atoms with van der Waals surface area (Å²) in [6.07, 6.45) is 8.72. The van der Waals surface area contributed by atoms with Crippen molar-refractivity contribution in [2.45, 2.75) is 6.92 Å². The highest BCUT2D eigenvalue weighted by atomic mass is 16.5. The first-order valence-electron chi connectivity index (χ1n) is 10.4. The molecule has 0 radical (unpaired) electrons. The van der Waals surface area contributed by atoms with E-state index in [2.05, 4.69) is 34.2 Å². The second-order valence-corrected chi connectivity index (χ2v) is 7.89. The lowest BCUT2D eigenvalue weighted by Gasteiger charge is -2.37. The molecule has 4 rings (SSSR count). The van der Waals surface area contributed by atoms with E-state index in [1.807, 2.05) is 49.3 Å². The predicted molar refractivity (Wildman–Crippen MR) is 126 cm³/mol. The molecule has 0 aliphatic carbocycles. The lowest BCUT2D eigenvalue weighted by Crippen LogP contribution is -2.46.